The van der Waals surface area contributed by atoms with Crippen LogP contribution in [0.25, 0.3) is 11.4 Å². The van der Waals surface area contributed by atoms with E-state index in [0.717, 1.165) is 10.9 Å². The number of carbonyl (C=O) groups is 1. The van der Waals surface area contributed by atoms with Gasteiger partial charge in [0.2, 0.25) is 0 Å². The molecule has 2 aromatic rings. The maximum atomic E-state index is 10.9. The third kappa shape index (κ3) is 4.01. The summed E-state index contributed by atoms with van der Waals surface area (Å²) in [5.41, 5.74) is 0.709. The minimum Gasteiger partial charge on any atom is -0.481 e. The van der Waals surface area contributed by atoms with Gasteiger partial charge in [0.05, 0.1) is 5.02 Å². The van der Waals surface area contributed by atoms with Gasteiger partial charge in [0.25, 0.3) is 0 Å². The van der Waals surface area contributed by atoms with Crippen LogP contribution in [-0.2, 0) is 11.3 Å². The Kier molecular flexibility index (Phi) is 5.30. The minimum absolute atomic E-state index is 0.0318. The molecule has 112 valence electrons. The van der Waals surface area contributed by atoms with Crippen molar-refractivity contribution in [3.63, 3.8) is 0 Å². The molecule has 0 amide bonds. The van der Waals surface area contributed by atoms with Gasteiger partial charge in [0.1, 0.15) is 0 Å². The Bertz CT molecular complexity index is 647. The molecule has 0 aliphatic heterocycles. The summed E-state index contributed by atoms with van der Waals surface area (Å²) in [6, 6.07) is 5.43. The highest BCUT2D eigenvalue weighted by Gasteiger charge is 2.18. The van der Waals surface area contributed by atoms with Crippen LogP contribution in [0.1, 0.15) is 19.8 Å². The van der Waals surface area contributed by atoms with Gasteiger partial charge in [-0.1, -0.05) is 40.9 Å². The fourth-order valence-corrected chi connectivity index (χ4v) is 2.58. The molecule has 6 nitrogen and oxygen atoms in total. The molecule has 0 bridgehead atoms. The van der Waals surface area contributed by atoms with Crippen molar-refractivity contribution in [2.75, 3.05) is 0 Å². The first-order valence-corrected chi connectivity index (χ1v) is 7.61. The van der Waals surface area contributed by atoms with Gasteiger partial charge in [-0.2, -0.15) is 0 Å². The van der Waals surface area contributed by atoms with E-state index in [4.69, 9.17) is 16.7 Å². The van der Waals surface area contributed by atoms with Crippen LogP contribution >= 0.6 is 27.5 Å². The lowest BCUT2D eigenvalue weighted by atomic mass is 10.0. The van der Waals surface area contributed by atoms with Gasteiger partial charge in [0.15, 0.2) is 5.82 Å². The van der Waals surface area contributed by atoms with Crippen LogP contribution in [0.15, 0.2) is 22.7 Å². The number of benzene rings is 1. The summed E-state index contributed by atoms with van der Waals surface area (Å²) in [6.45, 7) is 2.39. The van der Waals surface area contributed by atoms with E-state index >= 15 is 0 Å². The molecule has 1 atom stereocenters. The average molecular weight is 374 g/mol. The molecule has 21 heavy (non-hydrogen) atoms. The molecule has 0 saturated carbocycles. The van der Waals surface area contributed by atoms with Gasteiger partial charge < -0.3 is 5.11 Å². The summed E-state index contributed by atoms with van der Waals surface area (Å²) in [6.07, 6.45) is 0.819. The van der Waals surface area contributed by atoms with Crippen molar-refractivity contribution in [3.8, 4) is 11.4 Å². The molecule has 1 N–H and O–H groups in total. The largest absolute Gasteiger partial charge is 0.481 e. The maximum absolute atomic E-state index is 10.9. The Morgan fingerprint density at radius 3 is 2.95 bits per heavy atom. The zero-order chi connectivity index (χ0) is 15.4. The molecular weight excluding hydrogens is 360 g/mol. The topological polar surface area (TPSA) is 80.9 Å². The highest BCUT2D eigenvalue weighted by Crippen LogP contribution is 2.29. The van der Waals surface area contributed by atoms with Gasteiger partial charge in [-0.25, -0.2) is 4.68 Å². The predicted molar refractivity (Wildman–Crippen MR) is 82.0 cm³/mol. The molecule has 0 spiro atoms. The third-order valence-corrected chi connectivity index (χ3v) is 4.00. The first-order valence-electron chi connectivity index (χ1n) is 6.44. The molecule has 1 aromatic carbocycles. The monoisotopic (exact) mass is 372 g/mol. The molecule has 0 saturated heterocycles. The predicted octanol–water partition coefficient (Wildman–Crippen LogP) is 3.26. The van der Waals surface area contributed by atoms with Crippen molar-refractivity contribution in [1.82, 2.24) is 20.2 Å². The van der Waals surface area contributed by atoms with E-state index in [1.807, 2.05) is 19.1 Å². The maximum Gasteiger partial charge on any atom is 0.303 e. The van der Waals surface area contributed by atoms with Gasteiger partial charge in [-0.15, -0.1) is 5.10 Å². The number of tetrazole rings is 1. The van der Waals surface area contributed by atoms with E-state index in [-0.39, 0.29) is 12.3 Å². The van der Waals surface area contributed by atoms with E-state index < -0.39 is 5.97 Å². The first kappa shape index (κ1) is 15.9. The molecule has 0 fully saturated rings. The van der Waals surface area contributed by atoms with Crippen LogP contribution in [0.5, 0.6) is 0 Å². The molecule has 1 aromatic heterocycles. The molecule has 0 aliphatic rings. The van der Waals surface area contributed by atoms with E-state index in [1.54, 1.807) is 10.7 Å². The van der Waals surface area contributed by atoms with E-state index in [1.165, 1.54) is 0 Å². The lowest BCUT2D eigenvalue weighted by Crippen LogP contribution is -2.16. The molecule has 0 aliphatic carbocycles. The quantitative estimate of drug-likeness (QED) is 0.840. The number of aromatic nitrogens is 4. The van der Waals surface area contributed by atoms with Crippen molar-refractivity contribution in [3.05, 3.63) is 27.7 Å². The minimum atomic E-state index is -0.822. The van der Waals surface area contributed by atoms with Crippen LogP contribution in [0.2, 0.25) is 5.02 Å². The van der Waals surface area contributed by atoms with Crippen LogP contribution in [-0.4, -0.2) is 31.3 Å². The normalized spacial score (nSPS) is 12.3. The molecule has 0 radical (unpaired) electrons. The first-order chi connectivity index (χ1) is 10.0. The van der Waals surface area contributed by atoms with Crippen LogP contribution < -0.4 is 0 Å². The van der Waals surface area contributed by atoms with Crippen molar-refractivity contribution < 1.29 is 9.90 Å². The van der Waals surface area contributed by atoms with Crippen molar-refractivity contribution in [2.24, 2.45) is 5.92 Å². The number of hydrogen-bond acceptors (Lipinski definition) is 4. The van der Waals surface area contributed by atoms with E-state index in [2.05, 4.69) is 31.5 Å². The number of rotatable bonds is 6. The Balaban J connectivity index is 2.30. The fourth-order valence-electron chi connectivity index (χ4n) is 2.02. The number of aliphatic carboxylic acids is 1. The number of nitrogens with zero attached hydrogens (tertiary/aromatic N) is 4. The van der Waals surface area contributed by atoms with E-state index in [9.17, 15) is 4.79 Å². The zero-order valence-corrected chi connectivity index (χ0v) is 13.7. The average Bonchev–Trinajstić information content (AvgIpc) is 2.88. The second kappa shape index (κ2) is 7.00. The smallest absolute Gasteiger partial charge is 0.303 e. The van der Waals surface area contributed by atoms with Crippen LogP contribution in [0.4, 0.5) is 0 Å². The summed E-state index contributed by atoms with van der Waals surface area (Å²) < 4.78 is 2.47. The number of carboxylic acid groups (broad SMARTS) is 1. The van der Waals surface area contributed by atoms with Crippen LogP contribution in [0, 0.1) is 5.92 Å². The van der Waals surface area contributed by atoms with Gasteiger partial charge in [-0.3, -0.25) is 4.79 Å². The second-order valence-electron chi connectivity index (χ2n) is 4.68. The van der Waals surface area contributed by atoms with Crippen LogP contribution in [0.3, 0.4) is 0 Å². The standard InChI is InChI=1S/C13H14BrClN4O2/c1-2-8(5-12(20)21)7-19-13(16-17-18-19)10-6-9(14)3-4-11(10)15/h3-4,6,8H,2,5,7H2,1H3,(H,20,21). The fraction of sp³-hybridized carbons (Fsp3) is 0.385. The highest BCUT2D eigenvalue weighted by atomic mass is 79.9. The number of hydrogen-bond donors (Lipinski definition) is 1. The third-order valence-electron chi connectivity index (χ3n) is 3.17. The summed E-state index contributed by atoms with van der Waals surface area (Å²) in [5.74, 6) is -0.322. The Hall–Kier alpha value is -1.47. The Labute approximate surface area is 135 Å². The Morgan fingerprint density at radius 2 is 2.29 bits per heavy atom. The lowest BCUT2D eigenvalue weighted by molar-refractivity contribution is -0.138. The van der Waals surface area contributed by atoms with Gasteiger partial charge >= 0.3 is 5.97 Å². The zero-order valence-electron chi connectivity index (χ0n) is 11.3. The summed E-state index contributed by atoms with van der Waals surface area (Å²) in [4.78, 5) is 10.9. The molecule has 1 heterocycles. The molecular formula is C13H14BrClN4O2. The summed E-state index contributed by atoms with van der Waals surface area (Å²) in [7, 11) is 0. The SMILES string of the molecule is CCC(CC(=O)O)Cn1nnnc1-c1cc(Br)ccc1Cl. The Morgan fingerprint density at radius 1 is 1.52 bits per heavy atom. The summed E-state index contributed by atoms with van der Waals surface area (Å²) in [5, 5.41) is 21.1. The van der Waals surface area contributed by atoms with E-state index in [0.29, 0.717) is 23.0 Å². The van der Waals surface area contributed by atoms with Gasteiger partial charge in [-0.05, 0) is 34.5 Å². The highest BCUT2D eigenvalue weighted by molar-refractivity contribution is 9.10. The van der Waals surface area contributed by atoms with Crippen molar-refractivity contribution >= 4 is 33.5 Å². The summed E-state index contributed by atoms with van der Waals surface area (Å²) >= 11 is 9.58. The van der Waals surface area contributed by atoms with Crippen molar-refractivity contribution in [2.45, 2.75) is 26.3 Å². The van der Waals surface area contributed by atoms with Gasteiger partial charge in [0, 0.05) is 23.0 Å². The number of halogens is 2. The van der Waals surface area contributed by atoms with Crippen molar-refractivity contribution in [1.29, 1.82) is 0 Å². The number of carboxylic acids is 1. The second-order valence-corrected chi connectivity index (χ2v) is 6.00. The molecule has 1 unspecified atom stereocenters. The lowest BCUT2D eigenvalue weighted by Gasteiger charge is -2.13. The molecule has 8 heteroatoms. The molecule has 2 rings (SSSR count).